The Labute approximate surface area is 278 Å². The number of ether oxygens (including phenoxy) is 1. The molecule has 0 saturated heterocycles. The van der Waals surface area contributed by atoms with Crippen LogP contribution in [0.3, 0.4) is 0 Å². The summed E-state index contributed by atoms with van der Waals surface area (Å²) in [5, 5.41) is 73.1. The summed E-state index contributed by atoms with van der Waals surface area (Å²) in [4.78, 5) is 82.7. The zero-order chi connectivity index (χ0) is 39.3. The number of hydrogen-bond acceptors (Lipinski definition) is 18. The summed E-state index contributed by atoms with van der Waals surface area (Å²) in [5.41, 5.74) is 4.54. The minimum atomic E-state index is -1.23. The van der Waals surface area contributed by atoms with Crippen LogP contribution in [0, 0.1) is 14.9 Å². The molecule has 0 saturated carbocycles. The van der Waals surface area contributed by atoms with Gasteiger partial charge in [0, 0.05) is 0 Å². The minimum absolute atomic E-state index is 0. The van der Waals surface area contributed by atoms with Crippen molar-refractivity contribution < 1.29 is 88.7 Å². The zero-order valence-electron chi connectivity index (χ0n) is 25.4. The van der Waals surface area contributed by atoms with Crippen molar-refractivity contribution in [3.63, 3.8) is 0 Å². The van der Waals surface area contributed by atoms with Crippen LogP contribution in [0.15, 0.2) is 101 Å². The van der Waals surface area contributed by atoms with Crippen LogP contribution < -0.4 is 46.6 Å². The first-order chi connectivity index (χ1) is 20.9. The van der Waals surface area contributed by atoms with E-state index in [1.807, 2.05) is 0 Å². The molecule has 0 spiro atoms. The van der Waals surface area contributed by atoms with Crippen molar-refractivity contribution in [3.05, 3.63) is 116 Å². The van der Waals surface area contributed by atoms with E-state index in [2.05, 4.69) is 63.1 Å². The van der Waals surface area contributed by atoms with E-state index in [9.17, 15) is 4.79 Å². The first-order valence-corrected chi connectivity index (χ1v) is 10.5. The van der Waals surface area contributed by atoms with Gasteiger partial charge in [0.25, 0.3) is 0 Å². The van der Waals surface area contributed by atoms with Crippen LogP contribution in [0.2, 0.25) is 0 Å². The van der Waals surface area contributed by atoms with Crippen LogP contribution in [0.5, 0.6) is 0 Å². The van der Waals surface area contributed by atoms with Gasteiger partial charge in [0.15, 0.2) is 0 Å². The third-order valence-electron chi connectivity index (χ3n) is 1.62. The second-order valence-corrected chi connectivity index (χ2v) is 4.94. The quantitative estimate of drug-likeness (QED) is 0.221. The van der Waals surface area contributed by atoms with Crippen LogP contribution in [0.25, 0.3) is 0 Å². The second kappa shape index (κ2) is 67.6. The summed E-state index contributed by atoms with van der Waals surface area (Å²) in [6.07, 6.45) is 5.07. The van der Waals surface area contributed by atoms with E-state index in [0.717, 1.165) is 48.6 Å². The topological polar surface area (TPSA) is 373 Å². The van der Waals surface area contributed by atoms with E-state index in [-0.39, 0.29) is 14.9 Å². The fraction of sp³-hybridized carbons (Fsp3) is 0.0690. The largest absolute Gasteiger partial charge is 4.00 e. The number of primary amides is 1. The molecule has 0 aromatic carbocycles. The van der Waals surface area contributed by atoms with Gasteiger partial charge in [-0.25, -0.2) is 4.79 Å². The molecule has 0 fully saturated rings. The molecule has 0 aromatic rings. The Kier molecular flexibility index (Phi) is 103. The average Bonchev–Trinajstić information content (AvgIpc) is 2.99. The third kappa shape index (κ3) is 393. The maximum atomic E-state index is 9.60. The molecular weight excluding hydrogens is 650 g/mol. The Morgan fingerprint density at radius 3 is 0.500 bits per heavy atom. The number of carboxylic acid groups (broad SMARTS) is 8. The Bertz CT molecular complexity index is 796. The molecule has 0 bridgehead atoms. The fourth-order valence-corrected chi connectivity index (χ4v) is 0.142. The van der Waals surface area contributed by atoms with Gasteiger partial charge in [0.05, 0.1) is 54.4 Å². The summed E-state index contributed by atoms with van der Waals surface area (Å²) < 4.78 is 4.18. The molecule has 0 heterocycles. The molecule has 19 heteroatoms. The Morgan fingerprint density at radius 2 is 0.500 bits per heavy atom. The molecule has 1 amide bonds. The standard InChI is InChI=1S/C3H7NO2.8C3H4O2.2C/c1-2-6-3(4)5;8*1-2-3(4)5;;/h2H2,1H3,(H2,4,5);8*2H,1H2,(H,4,5);;/q;;;;;;;;;2*+4/p-8. The van der Waals surface area contributed by atoms with Crippen LogP contribution in [-0.2, 0) is 43.1 Å². The third-order valence-corrected chi connectivity index (χ3v) is 1.62. The fourth-order valence-electron chi connectivity index (χ4n) is 0.142. The first-order valence-electron chi connectivity index (χ1n) is 10.5. The van der Waals surface area contributed by atoms with Crippen LogP contribution in [0.4, 0.5) is 4.79 Å². The van der Waals surface area contributed by atoms with Crippen molar-refractivity contribution in [2.75, 3.05) is 6.61 Å². The molecule has 0 atom stereocenters. The molecule has 19 nitrogen and oxygen atoms in total. The molecular formula is C29H31NO18. The minimum Gasteiger partial charge on any atom is -0.545 e. The van der Waals surface area contributed by atoms with E-state index in [4.69, 9.17) is 79.2 Å². The van der Waals surface area contributed by atoms with Crippen molar-refractivity contribution in [2.24, 2.45) is 5.73 Å². The number of nitrogens with two attached hydrogens (primary N) is 1. The summed E-state index contributed by atoms with van der Waals surface area (Å²) in [6.45, 7) is 25.2. The SMILES string of the molecule is C=CC(=O)[O-].C=CC(=O)[O-].C=CC(=O)[O-].C=CC(=O)[O-].C=CC(=O)[O-].C=CC(=O)[O-].C=CC(=O)[O-].C=CC(=O)[O-].CCOC(N)=O.[C+4].[C+4]. The molecule has 2 N–H and O–H groups in total. The predicted molar refractivity (Wildman–Crippen MR) is 149 cm³/mol. The van der Waals surface area contributed by atoms with Gasteiger partial charge in [0.2, 0.25) is 0 Å². The summed E-state index contributed by atoms with van der Waals surface area (Å²) in [7, 11) is 0. The van der Waals surface area contributed by atoms with Gasteiger partial charge in [-0.05, 0) is 55.5 Å². The average molecular weight is 682 g/mol. The maximum absolute atomic E-state index is 9.60. The smallest absolute Gasteiger partial charge is 0.545 e. The molecule has 0 unspecified atom stereocenters. The maximum Gasteiger partial charge on any atom is 4.00 e. The van der Waals surface area contributed by atoms with Gasteiger partial charge in [0.1, 0.15) is 0 Å². The molecule has 48 heavy (non-hydrogen) atoms. The Hall–Kier alpha value is -7.05. The number of rotatable bonds is 9. The van der Waals surface area contributed by atoms with Crippen molar-refractivity contribution >= 4 is 53.8 Å². The monoisotopic (exact) mass is 681 g/mol. The van der Waals surface area contributed by atoms with E-state index in [1.54, 1.807) is 6.92 Å². The molecule has 0 aromatic heterocycles. The van der Waals surface area contributed by atoms with Crippen molar-refractivity contribution in [2.45, 2.75) is 6.92 Å². The van der Waals surface area contributed by atoms with Crippen molar-refractivity contribution in [3.8, 4) is 0 Å². The van der Waals surface area contributed by atoms with Crippen molar-refractivity contribution in [1.82, 2.24) is 0 Å². The van der Waals surface area contributed by atoms with Crippen LogP contribution in [-0.4, -0.2) is 60.5 Å². The number of aliphatic carboxylic acids is 8. The summed E-state index contributed by atoms with van der Waals surface area (Å²) in [5.74, 6) is -9.85. The number of amides is 1. The number of carbonyl (C=O) groups excluding carboxylic acids is 9. The molecule has 0 aliphatic heterocycles. The number of hydrogen-bond donors (Lipinski definition) is 1. The second-order valence-electron chi connectivity index (χ2n) is 4.94. The van der Waals surface area contributed by atoms with Gasteiger partial charge >= 0.3 is 20.9 Å². The molecule has 0 rings (SSSR count). The summed E-state index contributed by atoms with van der Waals surface area (Å²) >= 11 is 0. The first kappa shape index (κ1) is 72.9. The van der Waals surface area contributed by atoms with Gasteiger partial charge < -0.3 is 89.7 Å². The zero-order valence-corrected chi connectivity index (χ0v) is 25.4. The van der Waals surface area contributed by atoms with Gasteiger partial charge in [-0.2, -0.15) is 0 Å². The molecule has 0 radical (unpaired) electrons. The van der Waals surface area contributed by atoms with Crippen LogP contribution >= 0.6 is 0 Å². The van der Waals surface area contributed by atoms with Crippen molar-refractivity contribution in [1.29, 1.82) is 0 Å². The normalized spacial score (nSPS) is 6.27. The molecule has 0 aliphatic rings. The van der Waals surface area contributed by atoms with Gasteiger partial charge in [-0.3, -0.25) is 0 Å². The molecule has 260 valence electrons. The summed E-state index contributed by atoms with van der Waals surface area (Å²) in [6, 6.07) is 0. The van der Waals surface area contributed by atoms with E-state index < -0.39 is 53.8 Å². The van der Waals surface area contributed by atoms with Gasteiger partial charge in [-0.1, -0.05) is 52.6 Å². The number of carboxylic acids is 8. The van der Waals surface area contributed by atoms with Gasteiger partial charge in [-0.15, -0.1) is 0 Å². The Balaban J connectivity index is -0.0000000355. The predicted octanol–water partition coefficient (Wildman–Crippen LogP) is -8.36. The van der Waals surface area contributed by atoms with E-state index in [0.29, 0.717) is 6.61 Å². The number of carbonyl (C=O) groups is 9. The Morgan fingerprint density at radius 1 is 0.417 bits per heavy atom. The molecule has 0 aliphatic carbocycles. The van der Waals surface area contributed by atoms with Crippen LogP contribution in [0.1, 0.15) is 6.92 Å². The van der Waals surface area contributed by atoms with E-state index in [1.165, 1.54) is 0 Å². The van der Waals surface area contributed by atoms with E-state index >= 15 is 0 Å².